The molecule has 1 aliphatic heterocycles. The second-order valence-electron chi connectivity index (χ2n) is 7.95. The molecule has 25 heavy (non-hydrogen) atoms. The van der Waals surface area contributed by atoms with E-state index in [4.69, 9.17) is 9.47 Å². The fourth-order valence-corrected chi connectivity index (χ4v) is 4.58. The number of aryl methyl sites for hydroxylation is 1. The molecule has 2 fully saturated rings. The number of likely N-dealkylation sites (tertiary alicyclic amines) is 1. The smallest absolute Gasteiger partial charge is 0.122 e. The second kappa shape index (κ2) is 9.59. The molecule has 3 rings (SSSR count). The Kier molecular flexibility index (Phi) is 7.18. The zero-order valence-electron chi connectivity index (χ0n) is 16.1. The van der Waals surface area contributed by atoms with E-state index in [9.17, 15) is 0 Å². The van der Waals surface area contributed by atoms with Gasteiger partial charge in [0.2, 0.25) is 0 Å². The zero-order valence-corrected chi connectivity index (χ0v) is 16.1. The van der Waals surface area contributed by atoms with Crippen molar-refractivity contribution in [2.24, 2.45) is 5.92 Å². The summed E-state index contributed by atoms with van der Waals surface area (Å²) in [5.74, 6) is 1.90. The van der Waals surface area contributed by atoms with Crippen LogP contribution in [-0.2, 0) is 11.2 Å². The van der Waals surface area contributed by atoms with E-state index in [2.05, 4.69) is 36.2 Å². The summed E-state index contributed by atoms with van der Waals surface area (Å²) >= 11 is 0. The van der Waals surface area contributed by atoms with Crippen molar-refractivity contribution < 1.29 is 9.47 Å². The van der Waals surface area contributed by atoms with E-state index < -0.39 is 0 Å². The van der Waals surface area contributed by atoms with Gasteiger partial charge in [-0.25, -0.2) is 0 Å². The number of para-hydroxylation sites is 1. The van der Waals surface area contributed by atoms with E-state index in [0.29, 0.717) is 12.1 Å². The molecule has 1 unspecified atom stereocenters. The maximum atomic E-state index is 6.18. The first-order valence-electron chi connectivity index (χ1n) is 10.2. The molecule has 0 N–H and O–H groups in total. The molecule has 0 radical (unpaired) electrons. The summed E-state index contributed by atoms with van der Waals surface area (Å²) in [7, 11) is 4.10. The van der Waals surface area contributed by atoms with Crippen LogP contribution in [0.25, 0.3) is 0 Å². The standard InChI is InChI=1S/C22H35NO2/c1-23-15-6-9-20(23)14-16-25-22-11-4-3-8-19(22)13-12-18-7-5-10-21(17-18)24-2/h3-4,8,11,18,20-21H,5-7,9-10,12-17H2,1-2H3/t18-,20?,21+/m1/s1. The Labute approximate surface area is 153 Å². The third-order valence-electron chi connectivity index (χ3n) is 6.24. The SMILES string of the molecule is CO[C@H]1CCC[C@H](CCc2ccccc2OCCC2CCCN2C)C1. The molecule has 1 saturated carbocycles. The van der Waals surface area contributed by atoms with Crippen molar-refractivity contribution in [1.29, 1.82) is 0 Å². The van der Waals surface area contributed by atoms with Crippen LogP contribution in [0.15, 0.2) is 24.3 Å². The molecule has 1 heterocycles. The van der Waals surface area contributed by atoms with Crippen molar-refractivity contribution in [3.05, 3.63) is 29.8 Å². The Bertz CT molecular complexity index is 519. The van der Waals surface area contributed by atoms with Gasteiger partial charge in [0.05, 0.1) is 12.7 Å². The minimum absolute atomic E-state index is 0.480. The molecule has 0 aromatic heterocycles. The monoisotopic (exact) mass is 345 g/mol. The van der Waals surface area contributed by atoms with Gasteiger partial charge in [0.25, 0.3) is 0 Å². The van der Waals surface area contributed by atoms with Gasteiger partial charge in [-0.1, -0.05) is 31.0 Å². The summed E-state index contributed by atoms with van der Waals surface area (Å²) in [5, 5.41) is 0. The first-order valence-corrected chi connectivity index (χ1v) is 10.2. The van der Waals surface area contributed by atoms with Crippen LogP contribution in [0.3, 0.4) is 0 Å². The molecule has 2 aliphatic rings. The summed E-state index contributed by atoms with van der Waals surface area (Å²) in [4.78, 5) is 2.48. The number of hydrogen-bond donors (Lipinski definition) is 0. The van der Waals surface area contributed by atoms with E-state index in [-0.39, 0.29) is 0 Å². The summed E-state index contributed by atoms with van der Waals surface area (Å²) in [6.07, 6.45) is 11.8. The van der Waals surface area contributed by atoms with Gasteiger partial charge in [-0.05, 0) is 76.1 Å². The molecule has 0 amide bonds. The number of hydrogen-bond acceptors (Lipinski definition) is 3. The van der Waals surface area contributed by atoms with Crippen molar-refractivity contribution in [3.63, 3.8) is 0 Å². The second-order valence-corrected chi connectivity index (χ2v) is 7.95. The van der Waals surface area contributed by atoms with Crippen LogP contribution in [0, 0.1) is 5.92 Å². The van der Waals surface area contributed by atoms with Gasteiger partial charge >= 0.3 is 0 Å². The van der Waals surface area contributed by atoms with Crippen LogP contribution < -0.4 is 4.74 Å². The Hall–Kier alpha value is -1.06. The quantitative estimate of drug-likeness (QED) is 0.682. The fraction of sp³-hybridized carbons (Fsp3) is 0.727. The molecule has 1 aromatic carbocycles. The highest BCUT2D eigenvalue weighted by molar-refractivity contribution is 5.33. The van der Waals surface area contributed by atoms with Gasteiger partial charge in [0.15, 0.2) is 0 Å². The average molecular weight is 346 g/mol. The first-order chi connectivity index (χ1) is 12.3. The first kappa shape index (κ1) is 18.7. The van der Waals surface area contributed by atoms with Crippen LogP contribution >= 0.6 is 0 Å². The summed E-state index contributed by atoms with van der Waals surface area (Å²) in [5.41, 5.74) is 1.38. The number of nitrogens with zero attached hydrogens (tertiary/aromatic N) is 1. The van der Waals surface area contributed by atoms with E-state index in [1.807, 2.05) is 7.11 Å². The maximum absolute atomic E-state index is 6.18. The zero-order chi connectivity index (χ0) is 17.5. The number of rotatable bonds is 8. The van der Waals surface area contributed by atoms with Crippen LogP contribution in [-0.4, -0.2) is 44.4 Å². The van der Waals surface area contributed by atoms with Crippen LogP contribution in [0.5, 0.6) is 5.75 Å². The van der Waals surface area contributed by atoms with E-state index >= 15 is 0 Å². The molecule has 0 bridgehead atoms. The van der Waals surface area contributed by atoms with Crippen molar-refractivity contribution in [2.75, 3.05) is 27.3 Å². The van der Waals surface area contributed by atoms with Gasteiger partial charge in [0.1, 0.15) is 5.75 Å². The highest BCUT2D eigenvalue weighted by Gasteiger charge is 2.22. The molecular weight excluding hydrogens is 310 g/mol. The normalized spacial score (nSPS) is 27.5. The largest absolute Gasteiger partial charge is 0.493 e. The van der Waals surface area contributed by atoms with Gasteiger partial charge in [-0.15, -0.1) is 0 Å². The van der Waals surface area contributed by atoms with Gasteiger partial charge in [-0.2, -0.15) is 0 Å². The van der Waals surface area contributed by atoms with Crippen LogP contribution in [0.1, 0.15) is 56.9 Å². The Morgan fingerprint density at radius 3 is 2.76 bits per heavy atom. The van der Waals surface area contributed by atoms with Crippen molar-refractivity contribution in [1.82, 2.24) is 4.90 Å². The molecular formula is C22H35NO2. The number of methoxy groups -OCH3 is 1. The highest BCUT2D eigenvalue weighted by Crippen LogP contribution is 2.31. The van der Waals surface area contributed by atoms with Gasteiger partial charge in [-0.3, -0.25) is 0 Å². The van der Waals surface area contributed by atoms with E-state index in [1.165, 1.54) is 57.1 Å². The third kappa shape index (κ3) is 5.46. The lowest BCUT2D eigenvalue weighted by Gasteiger charge is -2.28. The van der Waals surface area contributed by atoms with Crippen LogP contribution in [0.2, 0.25) is 0 Å². The Morgan fingerprint density at radius 1 is 1.08 bits per heavy atom. The van der Waals surface area contributed by atoms with E-state index in [1.54, 1.807) is 0 Å². The van der Waals surface area contributed by atoms with E-state index in [0.717, 1.165) is 31.1 Å². The minimum atomic E-state index is 0.480. The molecule has 3 nitrogen and oxygen atoms in total. The molecule has 140 valence electrons. The topological polar surface area (TPSA) is 21.7 Å². The van der Waals surface area contributed by atoms with Crippen molar-refractivity contribution in [2.45, 2.75) is 69.9 Å². The predicted octanol–water partition coefficient (Wildman–Crippen LogP) is 4.69. The summed E-state index contributed by atoms with van der Waals surface area (Å²) < 4.78 is 11.8. The van der Waals surface area contributed by atoms with Crippen LogP contribution in [0.4, 0.5) is 0 Å². The summed E-state index contributed by atoms with van der Waals surface area (Å²) in [6.45, 7) is 2.08. The van der Waals surface area contributed by atoms with Crippen molar-refractivity contribution >= 4 is 0 Å². The molecule has 1 saturated heterocycles. The molecule has 1 aromatic rings. The third-order valence-corrected chi connectivity index (χ3v) is 6.24. The lowest BCUT2D eigenvalue weighted by atomic mass is 9.83. The molecule has 0 spiro atoms. The highest BCUT2D eigenvalue weighted by atomic mass is 16.5. The Balaban J connectivity index is 1.47. The molecule has 3 atom stereocenters. The average Bonchev–Trinajstić information content (AvgIpc) is 3.06. The Morgan fingerprint density at radius 2 is 1.96 bits per heavy atom. The fourth-order valence-electron chi connectivity index (χ4n) is 4.58. The van der Waals surface area contributed by atoms with Gasteiger partial charge in [0, 0.05) is 13.2 Å². The predicted molar refractivity (Wildman–Crippen MR) is 103 cm³/mol. The number of ether oxygens (including phenoxy) is 2. The lowest BCUT2D eigenvalue weighted by Crippen LogP contribution is -2.26. The van der Waals surface area contributed by atoms with Gasteiger partial charge < -0.3 is 14.4 Å². The lowest BCUT2D eigenvalue weighted by molar-refractivity contribution is 0.0491. The molecule has 1 aliphatic carbocycles. The number of benzene rings is 1. The molecule has 3 heteroatoms. The minimum Gasteiger partial charge on any atom is -0.493 e. The maximum Gasteiger partial charge on any atom is 0.122 e. The van der Waals surface area contributed by atoms with Crippen molar-refractivity contribution in [3.8, 4) is 5.75 Å². The summed E-state index contributed by atoms with van der Waals surface area (Å²) in [6, 6.07) is 9.34.